The molecule has 2 atom stereocenters. The Morgan fingerprint density at radius 1 is 1.11 bits per heavy atom. The van der Waals surface area contributed by atoms with E-state index in [0.29, 0.717) is 24.8 Å². The Kier molecular flexibility index (Phi) is 6.32. The number of para-hydroxylation sites is 1. The van der Waals surface area contributed by atoms with Gasteiger partial charge in [0.1, 0.15) is 24.6 Å². The molecule has 9 heteroatoms. The topological polar surface area (TPSA) is 71.4 Å². The third kappa shape index (κ3) is 4.31. The molecule has 0 unspecified atom stereocenters. The summed E-state index contributed by atoms with van der Waals surface area (Å²) in [6.45, 7) is -0.413. The molecule has 1 aliphatic heterocycles. The van der Waals surface area contributed by atoms with Crippen LogP contribution in [0.4, 0.5) is 8.78 Å². The Bertz CT molecular complexity index is 1340. The molecule has 1 aliphatic carbocycles. The van der Waals surface area contributed by atoms with Gasteiger partial charge in [0.15, 0.2) is 5.78 Å². The molecule has 2 amide bonds. The SMILES string of the molecule is O=C1CCCc2c1c1ccccc1n2CC(=O)N1C[C@H](F)C[C@H]1C(=O)NCc1cccc(Cl)c1F. The number of Topliss-reactive ketones (excluding diaryl/α,β-unsaturated/α-hetero) is 1. The molecule has 1 saturated heterocycles. The normalized spacial score (nSPS) is 19.7. The Balaban J connectivity index is 1.36. The maximum atomic E-state index is 14.4. The van der Waals surface area contributed by atoms with Crippen LogP contribution in [0.25, 0.3) is 10.9 Å². The zero-order chi connectivity index (χ0) is 24.7. The van der Waals surface area contributed by atoms with Crippen molar-refractivity contribution in [2.24, 2.45) is 0 Å². The number of amides is 2. The number of nitrogens with one attached hydrogen (secondary N) is 1. The van der Waals surface area contributed by atoms with E-state index in [0.717, 1.165) is 16.6 Å². The number of ketones is 1. The second kappa shape index (κ2) is 9.41. The number of rotatable bonds is 5. The summed E-state index contributed by atoms with van der Waals surface area (Å²) in [5, 5.41) is 3.36. The fraction of sp³-hybridized carbons (Fsp3) is 0.346. The van der Waals surface area contributed by atoms with Crippen LogP contribution >= 0.6 is 11.6 Å². The number of hydrogen-bond acceptors (Lipinski definition) is 3. The highest BCUT2D eigenvalue weighted by Crippen LogP contribution is 2.32. The van der Waals surface area contributed by atoms with E-state index in [1.807, 2.05) is 28.8 Å². The van der Waals surface area contributed by atoms with Gasteiger partial charge in [0.2, 0.25) is 11.8 Å². The van der Waals surface area contributed by atoms with Crippen LogP contribution in [0.2, 0.25) is 5.02 Å². The van der Waals surface area contributed by atoms with Crippen LogP contribution in [0.5, 0.6) is 0 Å². The third-order valence-corrected chi connectivity index (χ3v) is 7.12. The molecular weight excluding hydrogens is 476 g/mol. The van der Waals surface area contributed by atoms with Gasteiger partial charge in [-0.3, -0.25) is 14.4 Å². The third-order valence-electron chi connectivity index (χ3n) is 6.83. The molecule has 1 N–H and O–H groups in total. The van der Waals surface area contributed by atoms with Crippen LogP contribution in [0.3, 0.4) is 0 Å². The quantitative estimate of drug-likeness (QED) is 0.571. The lowest BCUT2D eigenvalue weighted by molar-refractivity contribution is -0.139. The first kappa shape index (κ1) is 23.5. The summed E-state index contributed by atoms with van der Waals surface area (Å²) >= 11 is 5.80. The zero-order valence-electron chi connectivity index (χ0n) is 18.9. The first-order valence-corrected chi connectivity index (χ1v) is 12.0. The number of likely N-dealkylation sites (tertiary alicyclic amines) is 1. The van der Waals surface area contributed by atoms with Crippen molar-refractivity contribution in [2.45, 2.75) is 51.0 Å². The van der Waals surface area contributed by atoms with Gasteiger partial charge in [-0.2, -0.15) is 0 Å². The number of aromatic nitrogens is 1. The van der Waals surface area contributed by atoms with Crippen LogP contribution in [0.1, 0.15) is 40.9 Å². The molecular formula is C26H24ClF2N3O3. The minimum Gasteiger partial charge on any atom is -0.350 e. The van der Waals surface area contributed by atoms with Crippen molar-refractivity contribution in [1.82, 2.24) is 14.8 Å². The van der Waals surface area contributed by atoms with Gasteiger partial charge in [0, 0.05) is 47.1 Å². The van der Waals surface area contributed by atoms with E-state index in [9.17, 15) is 23.2 Å². The standard InChI is InChI=1S/C26H24ClF2N3O3/c27-18-7-3-5-15(25(18)29)12-30-26(35)21-11-16(28)13-32(21)23(34)14-31-19-8-2-1-6-17(19)24-20(31)9-4-10-22(24)33/h1-3,5-8,16,21H,4,9-14H2,(H,30,35)/t16-,21+/m1/s1. The molecule has 2 heterocycles. The predicted molar refractivity (Wildman–Crippen MR) is 127 cm³/mol. The van der Waals surface area contributed by atoms with Gasteiger partial charge in [-0.15, -0.1) is 0 Å². The summed E-state index contributed by atoms with van der Waals surface area (Å²) in [4.78, 5) is 40.1. The Morgan fingerprint density at radius 2 is 1.91 bits per heavy atom. The van der Waals surface area contributed by atoms with Crippen molar-refractivity contribution in [2.75, 3.05) is 6.54 Å². The molecule has 182 valence electrons. The number of alkyl halides is 1. The van der Waals surface area contributed by atoms with Gasteiger partial charge >= 0.3 is 0 Å². The van der Waals surface area contributed by atoms with Crippen LogP contribution < -0.4 is 5.32 Å². The molecule has 2 aliphatic rings. The summed E-state index contributed by atoms with van der Waals surface area (Å²) in [5.74, 6) is -1.52. The van der Waals surface area contributed by atoms with E-state index in [-0.39, 0.29) is 42.4 Å². The fourth-order valence-electron chi connectivity index (χ4n) is 5.17. The molecule has 0 spiro atoms. The molecule has 35 heavy (non-hydrogen) atoms. The lowest BCUT2D eigenvalue weighted by atomic mass is 9.94. The number of carbonyl (C=O) groups excluding carboxylic acids is 3. The maximum absolute atomic E-state index is 14.4. The zero-order valence-corrected chi connectivity index (χ0v) is 19.7. The van der Waals surface area contributed by atoms with Crippen molar-refractivity contribution in [3.05, 3.63) is 70.1 Å². The average Bonchev–Trinajstić information content (AvgIpc) is 3.39. The minimum atomic E-state index is -1.34. The highest BCUT2D eigenvalue weighted by atomic mass is 35.5. The lowest BCUT2D eigenvalue weighted by Gasteiger charge is -2.25. The van der Waals surface area contributed by atoms with Crippen molar-refractivity contribution in [3.8, 4) is 0 Å². The van der Waals surface area contributed by atoms with Crippen LogP contribution in [-0.2, 0) is 29.1 Å². The van der Waals surface area contributed by atoms with Crippen LogP contribution in [-0.4, -0.2) is 45.8 Å². The summed E-state index contributed by atoms with van der Waals surface area (Å²) in [7, 11) is 0. The van der Waals surface area contributed by atoms with E-state index in [4.69, 9.17) is 11.6 Å². The molecule has 3 aromatic rings. The highest BCUT2D eigenvalue weighted by Gasteiger charge is 2.40. The Labute approximate surface area is 205 Å². The van der Waals surface area contributed by atoms with Gasteiger partial charge in [0.25, 0.3) is 0 Å². The molecule has 2 aromatic carbocycles. The summed E-state index contributed by atoms with van der Waals surface area (Å²) in [6.07, 6.45) is 0.384. The van der Waals surface area contributed by atoms with Crippen molar-refractivity contribution < 1.29 is 23.2 Å². The number of benzene rings is 2. The number of hydrogen-bond donors (Lipinski definition) is 1. The second-order valence-corrected chi connectivity index (χ2v) is 9.43. The molecule has 1 fully saturated rings. The lowest BCUT2D eigenvalue weighted by Crippen LogP contribution is -2.47. The van der Waals surface area contributed by atoms with Crippen molar-refractivity contribution >= 4 is 40.1 Å². The first-order valence-electron chi connectivity index (χ1n) is 11.6. The van der Waals surface area contributed by atoms with Gasteiger partial charge in [-0.25, -0.2) is 8.78 Å². The van der Waals surface area contributed by atoms with Gasteiger partial charge in [-0.1, -0.05) is 41.9 Å². The van der Waals surface area contributed by atoms with Crippen LogP contribution in [0.15, 0.2) is 42.5 Å². The van der Waals surface area contributed by atoms with Gasteiger partial charge in [0.05, 0.1) is 11.6 Å². The monoisotopic (exact) mass is 499 g/mol. The van der Waals surface area contributed by atoms with Crippen LogP contribution in [0, 0.1) is 5.82 Å². The Hall–Kier alpha value is -3.26. The van der Waals surface area contributed by atoms with E-state index in [1.165, 1.54) is 17.0 Å². The van der Waals surface area contributed by atoms with Crippen molar-refractivity contribution in [3.63, 3.8) is 0 Å². The summed E-state index contributed by atoms with van der Waals surface area (Å²) in [6, 6.07) is 10.9. The number of nitrogens with zero attached hydrogens (tertiary/aromatic N) is 2. The molecule has 0 radical (unpaired) electrons. The molecule has 1 aromatic heterocycles. The molecule has 0 saturated carbocycles. The smallest absolute Gasteiger partial charge is 0.243 e. The second-order valence-electron chi connectivity index (χ2n) is 9.03. The minimum absolute atomic E-state index is 0.0565. The number of carbonyl (C=O) groups is 3. The van der Waals surface area contributed by atoms with E-state index < -0.39 is 29.8 Å². The van der Waals surface area contributed by atoms with Gasteiger partial charge in [-0.05, 0) is 25.0 Å². The predicted octanol–water partition coefficient (Wildman–Crippen LogP) is 4.21. The fourth-order valence-corrected chi connectivity index (χ4v) is 5.36. The largest absolute Gasteiger partial charge is 0.350 e. The maximum Gasteiger partial charge on any atom is 0.243 e. The molecule has 6 nitrogen and oxygen atoms in total. The number of halogens is 3. The van der Waals surface area contributed by atoms with E-state index in [2.05, 4.69) is 5.32 Å². The Morgan fingerprint density at radius 3 is 2.74 bits per heavy atom. The van der Waals surface area contributed by atoms with E-state index in [1.54, 1.807) is 6.07 Å². The highest BCUT2D eigenvalue weighted by molar-refractivity contribution is 6.30. The average molecular weight is 500 g/mol. The van der Waals surface area contributed by atoms with E-state index >= 15 is 0 Å². The van der Waals surface area contributed by atoms with Crippen molar-refractivity contribution in [1.29, 1.82) is 0 Å². The number of fused-ring (bicyclic) bond motifs is 3. The molecule has 0 bridgehead atoms. The molecule has 5 rings (SSSR count). The summed E-state index contributed by atoms with van der Waals surface area (Å²) in [5.41, 5.74) is 2.44. The first-order chi connectivity index (χ1) is 16.8. The van der Waals surface area contributed by atoms with Gasteiger partial charge < -0.3 is 14.8 Å². The summed E-state index contributed by atoms with van der Waals surface area (Å²) < 4.78 is 30.4.